The van der Waals surface area contributed by atoms with Crippen molar-refractivity contribution in [2.24, 2.45) is 0 Å². The van der Waals surface area contributed by atoms with E-state index < -0.39 is 6.10 Å². The summed E-state index contributed by atoms with van der Waals surface area (Å²) in [6, 6.07) is 14.5. The number of hydrogen-bond acceptors (Lipinski definition) is 3. The van der Waals surface area contributed by atoms with Crippen LogP contribution in [0.3, 0.4) is 0 Å². The maximum absolute atomic E-state index is 10.8. The Morgan fingerprint density at radius 2 is 1.90 bits per heavy atom. The van der Waals surface area contributed by atoms with E-state index in [2.05, 4.69) is 56.5 Å². The van der Waals surface area contributed by atoms with E-state index in [1.54, 1.807) is 0 Å². The summed E-state index contributed by atoms with van der Waals surface area (Å²) in [7, 11) is 0. The number of nitrogens with zero attached hydrogens (tertiary/aromatic N) is 2. The summed E-state index contributed by atoms with van der Waals surface area (Å²) in [5.41, 5.74) is 4.49. The molecule has 1 saturated carbocycles. The highest BCUT2D eigenvalue weighted by Crippen LogP contribution is 2.37. The van der Waals surface area contributed by atoms with Gasteiger partial charge in [0.25, 0.3) is 0 Å². The number of aryl methyl sites for hydroxylation is 1. The number of aliphatic hydroxyl groups is 1. The zero-order valence-corrected chi connectivity index (χ0v) is 19.2. The van der Waals surface area contributed by atoms with Crippen molar-refractivity contribution in [2.75, 3.05) is 6.61 Å². The lowest BCUT2D eigenvalue weighted by molar-refractivity contribution is 0.0910. The molecule has 4 nitrogen and oxygen atoms in total. The highest BCUT2D eigenvalue weighted by atomic mass is 35.5. The summed E-state index contributed by atoms with van der Waals surface area (Å²) in [5.74, 6) is 2.49. The predicted molar refractivity (Wildman–Crippen MR) is 125 cm³/mol. The molecule has 1 N–H and O–H groups in total. The number of imidazole rings is 1. The molecular formula is C25H33ClN2O2. The van der Waals surface area contributed by atoms with Gasteiger partial charge in [0.2, 0.25) is 0 Å². The molecule has 1 atom stereocenters. The van der Waals surface area contributed by atoms with E-state index in [0.29, 0.717) is 12.5 Å². The van der Waals surface area contributed by atoms with E-state index in [9.17, 15) is 5.11 Å². The van der Waals surface area contributed by atoms with Crippen molar-refractivity contribution < 1.29 is 9.84 Å². The molecule has 1 fully saturated rings. The van der Waals surface area contributed by atoms with Gasteiger partial charge in [-0.05, 0) is 48.9 Å². The van der Waals surface area contributed by atoms with Gasteiger partial charge in [-0.1, -0.05) is 57.0 Å². The number of benzene rings is 2. The first-order valence-corrected chi connectivity index (χ1v) is 10.7. The van der Waals surface area contributed by atoms with Crippen molar-refractivity contribution in [1.29, 1.82) is 0 Å². The fourth-order valence-corrected chi connectivity index (χ4v) is 4.07. The summed E-state index contributed by atoms with van der Waals surface area (Å²) in [5, 5.41) is 10.8. The van der Waals surface area contributed by atoms with Crippen LogP contribution in [0.4, 0.5) is 0 Å². The molecule has 0 saturated heterocycles. The number of aromatic nitrogens is 2. The van der Waals surface area contributed by atoms with Gasteiger partial charge >= 0.3 is 0 Å². The molecule has 0 amide bonds. The van der Waals surface area contributed by atoms with Crippen LogP contribution in [0.1, 0.15) is 62.9 Å². The second-order valence-corrected chi connectivity index (χ2v) is 9.41. The summed E-state index contributed by atoms with van der Waals surface area (Å²) in [6.07, 6.45) is 3.05. The Morgan fingerprint density at radius 1 is 1.17 bits per heavy atom. The summed E-state index contributed by atoms with van der Waals surface area (Å²) >= 11 is 0. The summed E-state index contributed by atoms with van der Waals surface area (Å²) in [6.45, 7) is 9.43. The van der Waals surface area contributed by atoms with Gasteiger partial charge in [-0.3, -0.25) is 0 Å². The lowest BCUT2D eigenvalue weighted by Crippen LogP contribution is -2.27. The molecule has 0 bridgehead atoms. The average molecular weight is 429 g/mol. The lowest BCUT2D eigenvalue weighted by atomic mass is 9.85. The number of hydrogen-bond donors (Lipinski definition) is 1. The van der Waals surface area contributed by atoms with Crippen LogP contribution in [0.2, 0.25) is 0 Å². The SMILES string of the molecule is Cc1ccc(OCC(O)Cn2c(C3CCC3)nc3ccccc32)c(C(C)(C)C)c1.Cl. The number of fused-ring (bicyclic) bond motifs is 1. The van der Waals surface area contributed by atoms with Crippen molar-refractivity contribution in [3.63, 3.8) is 0 Å². The van der Waals surface area contributed by atoms with E-state index in [4.69, 9.17) is 9.72 Å². The third kappa shape index (κ3) is 4.65. The highest BCUT2D eigenvalue weighted by molar-refractivity contribution is 5.85. The number of rotatable bonds is 6. The second kappa shape index (κ2) is 8.99. The Morgan fingerprint density at radius 3 is 2.57 bits per heavy atom. The van der Waals surface area contributed by atoms with E-state index in [1.165, 1.54) is 30.4 Å². The third-order valence-electron chi connectivity index (χ3n) is 5.92. The van der Waals surface area contributed by atoms with E-state index in [1.807, 2.05) is 18.2 Å². The van der Waals surface area contributed by atoms with E-state index in [-0.39, 0.29) is 24.4 Å². The topological polar surface area (TPSA) is 47.3 Å². The molecule has 0 radical (unpaired) electrons. The normalized spacial score (nSPS) is 15.5. The van der Waals surface area contributed by atoms with Crippen molar-refractivity contribution in [3.05, 3.63) is 59.4 Å². The Hall–Kier alpha value is -2.04. The van der Waals surface area contributed by atoms with Crippen molar-refractivity contribution in [3.8, 4) is 5.75 Å². The second-order valence-electron chi connectivity index (χ2n) is 9.41. The van der Waals surface area contributed by atoms with Gasteiger partial charge in [-0.25, -0.2) is 4.98 Å². The smallest absolute Gasteiger partial charge is 0.123 e. The van der Waals surface area contributed by atoms with Gasteiger partial charge in [0.1, 0.15) is 24.3 Å². The Labute approximate surface area is 185 Å². The maximum Gasteiger partial charge on any atom is 0.123 e. The van der Waals surface area contributed by atoms with Gasteiger partial charge < -0.3 is 14.4 Å². The van der Waals surface area contributed by atoms with Gasteiger partial charge in [-0.15, -0.1) is 12.4 Å². The predicted octanol–water partition coefficient (Wildman–Crippen LogP) is 5.77. The molecule has 1 aromatic heterocycles. The third-order valence-corrected chi connectivity index (χ3v) is 5.92. The number of para-hydroxylation sites is 2. The molecule has 0 spiro atoms. The molecule has 1 unspecified atom stereocenters. The molecule has 0 aliphatic heterocycles. The molecular weight excluding hydrogens is 396 g/mol. The molecule has 1 heterocycles. The highest BCUT2D eigenvalue weighted by Gasteiger charge is 2.27. The van der Waals surface area contributed by atoms with Crippen LogP contribution in [0, 0.1) is 6.92 Å². The monoisotopic (exact) mass is 428 g/mol. The lowest BCUT2D eigenvalue weighted by Gasteiger charge is -2.27. The first-order chi connectivity index (χ1) is 13.8. The standard InChI is InChI=1S/C25H32N2O2.ClH/c1-17-12-13-23(20(14-17)25(2,3)4)29-16-19(28)15-27-22-11-6-5-10-21(22)26-24(27)18-8-7-9-18;/h5-6,10-14,18-19,28H,7-9,15-16H2,1-4H3;1H. The van der Waals surface area contributed by atoms with Crippen LogP contribution in [0.5, 0.6) is 5.75 Å². The fourth-order valence-electron chi connectivity index (χ4n) is 4.07. The molecule has 30 heavy (non-hydrogen) atoms. The van der Waals surface area contributed by atoms with Crippen molar-refractivity contribution in [1.82, 2.24) is 9.55 Å². The van der Waals surface area contributed by atoms with E-state index >= 15 is 0 Å². The van der Waals surface area contributed by atoms with Crippen molar-refractivity contribution in [2.45, 2.75) is 70.9 Å². The quantitative estimate of drug-likeness (QED) is 0.542. The number of halogens is 1. The Kier molecular flexibility index (Phi) is 6.78. The molecule has 4 rings (SSSR count). The fraction of sp³-hybridized carbons (Fsp3) is 0.480. The van der Waals surface area contributed by atoms with Crippen molar-refractivity contribution >= 4 is 23.4 Å². The van der Waals surface area contributed by atoms with Gasteiger partial charge in [0.15, 0.2) is 0 Å². The molecule has 5 heteroatoms. The number of ether oxygens (including phenoxy) is 1. The molecule has 162 valence electrons. The van der Waals surface area contributed by atoms with Crippen LogP contribution in [-0.4, -0.2) is 27.4 Å². The van der Waals surface area contributed by atoms with Gasteiger partial charge in [-0.2, -0.15) is 0 Å². The Bertz CT molecular complexity index is 1000. The molecule has 1 aliphatic rings. The van der Waals surface area contributed by atoms with Gasteiger partial charge in [0, 0.05) is 5.92 Å². The largest absolute Gasteiger partial charge is 0.491 e. The number of aliphatic hydroxyl groups excluding tert-OH is 1. The molecule has 2 aromatic carbocycles. The van der Waals surface area contributed by atoms with Crippen LogP contribution in [0.25, 0.3) is 11.0 Å². The zero-order valence-electron chi connectivity index (χ0n) is 18.4. The zero-order chi connectivity index (χ0) is 20.6. The molecule has 3 aromatic rings. The minimum atomic E-state index is -0.597. The first kappa shape index (κ1) is 22.6. The molecule has 1 aliphatic carbocycles. The Balaban J connectivity index is 0.00000256. The van der Waals surface area contributed by atoms with Crippen LogP contribution in [-0.2, 0) is 12.0 Å². The minimum absolute atomic E-state index is 0. The van der Waals surface area contributed by atoms with E-state index in [0.717, 1.165) is 22.6 Å². The van der Waals surface area contributed by atoms with Crippen LogP contribution >= 0.6 is 12.4 Å². The maximum atomic E-state index is 10.8. The minimum Gasteiger partial charge on any atom is -0.491 e. The average Bonchev–Trinajstić information content (AvgIpc) is 2.96. The van der Waals surface area contributed by atoms with Crippen LogP contribution < -0.4 is 4.74 Å². The summed E-state index contributed by atoms with van der Waals surface area (Å²) < 4.78 is 8.30. The van der Waals surface area contributed by atoms with Crippen LogP contribution in [0.15, 0.2) is 42.5 Å². The summed E-state index contributed by atoms with van der Waals surface area (Å²) in [4.78, 5) is 4.87. The van der Waals surface area contributed by atoms with Gasteiger partial charge in [0.05, 0.1) is 17.6 Å². The first-order valence-electron chi connectivity index (χ1n) is 10.7.